The van der Waals surface area contributed by atoms with Crippen molar-refractivity contribution in [1.29, 1.82) is 0 Å². The van der Waals surface area contributed by atoms with Crippen LogP contribution >= 0.6 is 23.1 Å². The first kappa shape index (κ1) is 20.0. The van der Waals surface area contributed by atoms with Gasteiger partial charge in [0.2, 0.25) is 0 Å². The molecule has 2 heterocycles. The number of nitrogens with two attached hydrogens (primary N) is 1. The van der Waals surface area contributed by atoms with E-state index in [0.29, 0.717) is 28.7 Å². The molecule has 2 aromatic rings. The lowest BCUT2D eigenvalue weighted by atomic mass is 10.0. The number of halogens is 4. The Hall–Kier alpha value is -1.72. The van der Waals surface area contributed by atoms with E-state index in [2.05, 4.69) is 10.5 Å². The number of anilines is 1. The van der Waals surface area contributed by atoms with Crippen molar-refractivity contribution >= 4 is 44.7 Å². The number of piperidine rings is 1. The summed E-state index contributed by atoms with van der Waals surface area (Å²) in [5.41, 5.74) is 1.60. The normalized spacial score (nSPS) is 22.3. The molecule has 2 unspecified atom stereocenters. The largest absolute Gasteiger partial charge is 0.446 e. The first-order valence-corrected chi connectivity index (χ1v) is 9.71. The Balaban J connectivity index is 2.03. The smallest absolute Gasteiger partial charge is 0.409 e. The van der Waals surface area contributed by atoms with Crippen LogP contribution in [0, 0.1) is 0 Å². The molecule has 148 valence electrons. The Kier molecular flexibility index (Phi) is 5.73. The second-order valence-electron chi connectivity index (χ2n) is 6.29. The molecule has 1 fully saturated rings. The standard InChI is InChI=1S/C16H18F4N4OS2/c1-24-6-5-10(9(17)7-24)22-11-4-2-3-8-12(11)26-14(15(21)23-25)13(8)27-16(18,19)20/h2-4,9-10,22,25H,5-7H2,1H3,(H2,21,23). The molecular formula is C16H18F4N4OS2. The predicted molar refractivity (Wildman–Crippen MR) is 101 cm³/mol. The minimum Gasteiger partial charge on any atom is -0.409 e. The first-order chi connectivity index (χ1) is 12.7. The zero-order valence-electron chi connectivity index (χ0n) is 14.3. The van der Waals surface area contributed by atoms with Gasteiger partial charge in [-0.15, -0.1) is 11.3 Å². The second-order valence-corrected chi connectivity index (χ2v) is 8.39. The van der Waals surface area contributed by atoms with E-state index in [1.54, 1.807) is 18.2 Å². The van der Waals surface area contributed by atoms with Crippen LogP contribution in [0.4, 0.5) is 23.2 Å². The first-order valence-electron chi connectivity index (χ1n) is 8.08. The fourth-order valence-corrected chi connectivity index (χ4v) is 5.15. The average molecular weight is 422 g/mol. The van der Waals surface area contributed by atoms with E-state index in [0.717, 1.165) is 17.9 Å². The highest BCUT2D eigenvalue weighted by Gasteiger charge is 2.34. The molecule has 1 aromatic carbocycles. The van der Waals surface area contributed by atoms with E-state index < -0.39 is 23.6 Å². The van der Waals surface area contributed by atoms with Gasteiger partial charge < -0.3 is 21.2 Å². The SMILES string of the molecule is CN1CCC(Nc2cccc3c(SC(F)(F)F)c(/C(N)=N/O)sc23)C(F)C1. The number of fused-ring (bicyclic) bond motifs is 1. The van der Waals surface area contributed by atoms with Gasteiger partial charge in [0.25, 0.3) is 0 Å². The van der Waals surface area contributed by atoms with Crippen molar-refractivity contribution in [2.24, 2.45) is 10.9 Å². The van der Waals surface area contributed by atoms with Crippen LogP contribution in [0.25, 0.3) is 10.1 Å². The average Bonchev–Trinajstić information content (AvgIpc) is 2.94. The Labute approximate surface area is 161 Å². The Morgan fingerprint density at radius 1 is 1.44 bits per heavy atom. The van der Waals surface area contributed by atoms with Crippen molar-refractivity contribution in [2.45, 2.75) is 29.0 Å². The van der Waals surface area contributed by atoms with E-state index in [4.69, 9.17) is 10.9 Å². The highest BCUT2D eigenvalue weighted by molar-refractivity contribution is 8.00. The molecule has 5 nitrogen and oxygen atoms in total. The quantitative estimate of drug-likeness (QED) is 0.173. The highest BCUT2D eigenvalue weighted by Crippen LogP contribution is 2.47. The molecule has 1 aliphatic heterocycles. The Morgan fingerprint density at radius 2 is 2.19 bits per heavy atom. The summed E-state index contributed by atoms with van der Waals surface area (Å²) in [6.45, 7) is 1.02. The highest BCUT2D eigenvalue weighted by atomic mass is 32.2. The number of hydrogen-bond acceptors (Lipinski definition) is 6. The van der Waals surface area contributed by atoms with Gasteiger partial charge in [-0.25, -0.2) is 4.39 Å². The summed E-state index contributed by atoms with van der Waals surface area (Å²) in [4.78, 5) is 1.80. The van der Waals surface area contributed by atoms with Crippen molar-refractivity contribution in [3.05, 3.63) is 23.1 Å². The van der Waals surface area contributed by atoms with Crippen LogP contribution in [0.5, 0.6) is 0 Å². The Bertz CT molecular complexity index is 855. The number of alkyl halides is 4. The van der Waals surface area contributed by atoms with Gasteiger partial charge >= 0.3 is 5.51 Å². The molecule has 0 spiro atoms. The van der Waals surface area contributed by atoms with Gasteiger partial charge in [-0.05, 0) is 31.3 Å². The van der Waals surface area contributed by atoms with Crippen LogP contribution in [0.3, 0.4) is 0 Å². The number of rotatable bonds is 4. The van der Waals surface area contributed by atoms with Crippen molar-refractivity contribution in [1.82, 2.24) is 4.90 Å². The summed E-state index contributed by atoms with van der Waals surface area (Å²) in [6, 6.07) is 4.42. The predicted octanol–water partition coefficient (Wildman–Crippen LogP) is 4.06. The number of nitrogens with zero attached hydrogens (tertiary/aromatic N) is 2. The van der Waals surface area contributed by atoms with Crippen LogP contribution in [0.15, 0.2) is 28.3 Å². The van der Waals surface area contributed by atoms with Gasteiger partial charge in [0.1, 0.15) is 6.17 Å². The number of thioether (sulfide) groups is 1. The summed E-state index contributed by atoms with van der Waals surface area (Å²) in [7, 11) is 1.84. The number of benzene rings is 1. The molecule has 0 aliphatic carbocycles. The molecular weight excluding hydrogens is 404 g/mol. The van der Waals surface area contributed by atoms with E-state index in [1.807, 2.05) is 11.9 Å². The van der Waals surface area contributed by atoms with Gasteiger partial charge in [0.15, 0.2) is 5.84 Å². The summed E-state index contributed by atoms with van der Waals surface area (Å²) in [5, 5.41) is 15.2. The minimum atomic E-state index is -4.53. The number of likely N-dealkylation sites (tertiary alicyclic amines) is 1. The fraction of sp³-hybridized carbons (Fsp3) is 0.438. The van der Waals surface area contributed by atoms with E-state index in [9.17, 15) is 17.6 Å². The Morgan fingerprint density at radius 3 is 2.81 bits per heavy atom. The zero-order chi connectivity index (χ0) is 19.8. The summed E-state index contributed by atoms with van der Waals surface area (Å²) < 4.78 is 53.9. The van der Waals surface area contributed by atoms with Crippen molar-refractivity contribution in [2.75, 3.05) is 25.5 Å². The molecule has 1 aromatic heterocycles. The minimum absolute atomic E-state index is 0.0317. The topological polar surface area (TPSA) is 73.9 Å². The maximum atomic E-state index is 14.3. The summed E-state index contributed by atoms with van der Waals surface area (Å²) in [6.07, 6.45) is -0.511. The fourth-order valence-electron chi connectivity index (χ4n) is 3.06. The molecule has 3 rings (SSSR count). The van der Waals surface area contributed by atoms with Crippen LogP contribution in [0.2, 0.25) is 0 Å². The number of oxime groups is 1. The third-order valence-corrected chi connectivity index (χ3v) is 6.56. The molecule has 0 amide bonds. The van der Waals surface area contributed by atoms with Crippen molar-refractivity contribution < 1.29 is 22.8 Å². The molecule has 4 N–H and O–H groups in total. The number of amidine groups is 1. The third-order valence-electron chi connectivity index (χ3n) is 4.31. The van der Waals surface area contributed by atoms with Crippen LogP contribution in [0.1, 0.15) is 11.3 Å². The van der Waals surface area contributed by atoms with E-state index in [-0.39, 0.29) is 21.5 Å². The van der Waals surface area contributed by atoms with Crippen LogP contribution < -0.4 is 11.1 Å². The van der Waals surface area contributed by atoms with Crippen LogP contribution in [-0.2, 0) is 0 Å². The van der Waals surface area contributed by atoms with E-state index in [1.165, 1.54) is 0 Å². The van der Waals surface area contributed by atoms with Crippen LogP contribution in [-0.4, -0.2) is 53.8 Å². The van der Waals surface area contributed by atoms with E-state index >= 15 is 0 Å². The van der Waals surface area contributed by atoms with Gasteiger partial charge in [-0.2, -0.15) is 13.2 Å². The summed E-state index contributed by atoms with van der Waals surface area (Å²) >= 11 is 0.675. The lowest BCUT2D eigenvalue weighted by Gasteiger charge is -2.33. The number of hydrogen-bond donors (Lipinski definition) is 3. The second kappa shape index (κ2) is 7.72. The number of nitrogens with one attached hydrogen (secondary N) is 1. The number of thiophene rings is 1. The monoisotopic (exact) mass is 422 g/mol. The van der Waals surface area contributed by atoms with Gasteiger partial charge in [0.05, 0.1) is 21.3 Å². The molecule has 0 saturated carbocycles. The molecule has 2 atom stereocenters. The molecule has 1 saturated heterocycles. The molecule has 27 heavy (non-hydrogen) atoms. The van der Waals surface area contributed by atoms with Gasteiger partial charge in [-0.1, -0.05) is 17.3 Å². The summed E-state index contributed by atoms with van der Waals surface area (Å²) in [5.74, 6) is -0.392. The lowest BCUT2D eigenvalue weighted by Crippen LogP contribution is -2.46. The molecule has 0 radical (unpaired) electrons. The lowest BCUT2D eigenvalue weighted by molar-refractivity contribution is -0.0327. The third kappa shape index (κ3) is 4.41. The molecule has 11 heteroatoms. The van der Waals surface area contributed by atoms with Gasteiger partial charge in [0, 0.05) is 23.4 Å². The molecule has 0 bridgehead atoms. The maximum absolute atomic E-state index is 14.3. The van der Waals surface area contributed by atoms with Crippen molar-refractivity contribution in [3.63, 3.8) is 0 Å². The zero-order valence-corrected chi connectivity index (χ0v) is 15.9. The van der Waals surface area contributed by atoms with Gasteiger partial charge in [-0.3, -0.25) is 0 Å². The molecule has 1 aliphatic rings. The maximum Gasteiger partial charge on any atom is 0.446 e. The van der Waals surface area contributed by atoms with Crippen molar-refractivity contribution in [3.8, 4) is 0 Å².